The number of carbonyl (C=O) groups is 1. The standard InChI is InChI=1S/C24H20Br2O4/c1-14(2)19-13-17(30-20-11-10-18(24(28)29)21(25)22(20)26)12-16(23(19)27)9-8-15-6-4-3-5-7-15/h3-14,27H,1-2H3,(H,28,29)/b9-8+. The zero-order chi connectivity index (χ0) is 21.8. The van der Waals surface area contributed by atoms with Crippen LogP contribution in [0.15, 0.2) is 63.5 Å². The molecule has 6 heteroatoms. The van der Waals surface area contributed by atoms with Gasteiger partial charge in [0.2, 0.25) is 0 Å². The van der Waals surface area contributed by atoms with Crippen LogP contribution in [0, 0.1) is 0 Å². The van der Waals surface area contributed by atoms with Crippen molar-refractivity contribution in [2.45, 2.75) is 19.8 Å². The molecule has 0 saturated carbocycles. The lowest BCUT2D eigenvalue weighted by molar-refractivity contribution is 0.0695. The lowest BCUT2D eigenvalue weighted by atomic mass is 9.98. The third-order valence-corrected chi connectivity index (χ3v) is 6.67. The van der Waals surface area contributed by atoms with Gasteiger partial charge in [-0.15, -0.1) is 0 Å². The molecule has 0 bridgehead atoms. The summed E-state index contributed by atoms with van der Waals surface area (Å²) >= 11 is 6.70. The predicted octanol–water partition coefficient (Wildman–Crippen LogP) is 7.70. The number of aromatic carboxylic acids is 1. The highest BCUT2D eigenvalue weighted by molar-refractivity contribution is 9.13. The average molecular weight is 532 g/mol. The third-order valence-electron chi connectivity index (χ3n) is 4.52. The fraction of sp³-hybridized carbons (Fsp3) is 0.125. The van der Waals surface area contributed by atoms with Gasteiger partial charge in [-0.3, -0.25) is 0 Å². The van der Waals surface area contributed by atoms with Crippen LogP contribution >= 0.6 is 31.9 Å². The highest BCUT2D eigenvalue weighted by atomic mass is 79.9. The molecular weight excluding hydrogens is 512 g/mol. The molecule has 3 aromatic carbocycles. The van der Waals surface area contributed by atoms with E-state index in [2.05, 4.69) is 31.9 Å². The zero-order valence-electron chi connectivity index (χ0n) is 16.4. The van der Waals surface area contributed by atoms with Gasteiger partial charge in [0.05, 0.1) is 14.5 Å². The highest BCUT2D eigenvalue weighted by Gasteiger charge is 2.17. The van der Waals surface area contributed by atoms with E-state index in [9.17, 15) is 15.0 Å². The number of hydrogen-bond acceptors (Lipinski definition) is 3. The molecule has 0 aliphatic carbocycles. The summed E-state index contributed by atoms with van der Waals surface area (Å²) in [5, 5.41) is 20.0. The Balaban J connectivity index is 2.01. The second-order valence-electron chi connectivity index (χ2n) is 7.00. The van der Waals surface area contributed by atoms with Gasteiger partial charge in [0, 0.05) is 11.1 Å². The van der Waals surface area contributed by atoms with E-state index < -0.39 is 5.97 Å². The lowest BCUT2D eigenvalue weighted by Crippen LogP contribution is -1.99. The molecule has 0 aliphatic rings. The van der Waals surface area contributed by atoms with Crippen LogP contribution in [-0.4, -0.2) is 16.2 Å². The number of phenols is 1. The molecule has 2 N–H and O–H groups in total. The Morgan fingerprint density at radius 1 is 1.00 bits per heavy atom. The first-order chi connectivity index (χ1) is 14.3. The molecule has 0 fully saturated rings. The first kappa shape index (κ1) is 22.1. The van der Waals surface area contributed by atoms with E-state index >= 15 is 0 Å². The molecule has 154 valence electrons. The van der Waals surface area contributed by atoms with E-state index in [0.29, 0.717) is 26.0 Å². The van der Waals surface area contributed by atoms with Crippen LogP contribution in [0.25, 0.3) is 12.2 Å². The van der Waals surface area contributed by atoms with Crippen LogP contribution in [0.2, 0.25) is 0 Å². The molecule has 0 unspecified atom stereocenters. The second-order valence-corrected chi connectivity index (χ2v) is 8.58. The number of carboxylic acid groups (broad SMARTS) is 1. The van der Waals surface area contributed by atoms with Crippen LogP contribution in [0.4, 0.5) is 0 Å². The van der Waals surface area contributed by atoms with Crippen molar-refractivity contribution in [3.8, 4) is 17.2 Å². The molecule has 0 atom stereocenters. The normalized spacial score (nSPS) is 11.2. The summed E-state index contributed by atoms with van der Waals surface area (Å²) in [6.07, 6.45) is 3.78. The summed E-state index contributed by atoms with van der Waals surface area (Å²) in [6, 6.07) is 16.4. The number of aromatic hydroxyl groups is 1. The smallest absolute Gasteiger partial charge is 0.336 e. The summed E-state index contributed by atoms with van der Waals surface area (Å²) in [5.41, 5.74) is 2.55. The molecule has 0 heterocycles. The quantitative estimate of drug-likeness (QED) is 0.320. The summed E-state index contributed by atoms with van der Waals surface area (Å²) in [7, 11) is 0. The maximum Gasteiger partial charge on any atom is 0.336 e. The molecular formula is C24H20Br2O4. The van der Waals surface area contributed by atoms with Gasteiger partial charge in [-0.1, -0.05) is 56.3 Å². The van der Waals surface area contributed by atoms with Crippen LogP contribution < -0.4 is 4.74 Å². The molecule has 0 aliphatic heterocycles. The van der Waals surface area contributed by atoms with Gasteiger partial charge in [-0.2, -0.15) is 0 Å². The Morgan fingerprint density at radius 2 is 1.70 bits per heavy atom. The van der Waals surface area contributed by atoms with Gasteiger partial charge in [0.1, 0.15) is 17.2 Å². The summed E-state index contributed by atoms with van der Waals surface area (Å²) in [4.78, 5) is 11.3. The molecule has 0 radical (unpaired) electrons. The Hall–Kier alpha value is -2.57. The van der Waals surface area contributed by atoms with Gasteiger partial charge in [-0.05, 0) is 67.6 Å². The van der Waals surface area contributed by atoms with Crippen LogP contribution in [0.1, 0.15) is 46.8 Å². The fourth-order valence-corrected chi connectivity index (χ4v) is 3.85. The summed E-state index contributed by atoms with van der Waals surface area (Å²) in [6.45, 7) is 4.00. The minimum Gasteiger partial charge on any atom is -0.507 e. The molecule has 3 rings (SSSR count). The Kier molecular flexibility index (Phi) is 7.00. The first-order valence-corrected chi connectivity index (χ1v) is 10.9. The van der Waals surface area contributed by atoms with Crippen molar-refractivity contribution in [3.63, 3.8) is 0 Å². The first-order valence-electron chi connectivity index (χ1n) is 9.27. The maximum atomic E-state index is 11.3. The van der Waals surface area contributed by atoms with Gasteiger partial charge >= 0.3 is 5.97 Å². The van der Waals surface area contributed by atoms with E-state index in [4.69, 9.17) is 4.74 Å². The number of rotatable bonds is 6. The van der Waals surface area contributed by atoms with E-state index in [1.165, 1.54) is 6.07 Å². The Morgan fingerprint density at radius 3 is 2.33 bits per heavy atom. The lowest BCUT2D eigenvalue weighted by Gasteiger charge is -2.16. The average Bonchev–Trinajstić information content (AvgIpc) is 2.71. The summed E-state index contributed by atoms with van der Waals surface area (Å²) in [5.74, 6) is 0.271. The summed E-state index contributed by atoms with van der Waals surface area (Å²) < 4.78 is 6.95. The third kappa shape index (κ3) is 4.94. The minimum absolute atomic E-state index is 0.0852. The molecule has 0 spiro atoms. The van der Waals surface area contributed by atoms with Crippen LogP contribution in [0.3, 0.4) is 0 Å². The van der Waals surface area contributed by atoms with Crippen molar-refractivity contribution in [2.75, 3.05) is 0 Å². The van der Waals surface area contributed by atoms with Gasteiger partial charge in [0.15, 0.2) is 0 Å². The number of benzene rings is 3. The highest BCUT2D eigenvalue weighted by Crippen LogP contribution is 2.40. The number of hydrogen-bond donors (Lipinski definition) is 2. The van der Waals surface area contributed by atoms with E-state index in [1.54, 1.807) is 18.2 Å². The number of ether oxygens (including phenoxy) is 1. The van der Waals surface area contributed by atoms with E-state index in [1.807, 2.05) is 56.3 Å². The molecule has 3 aromatic rings. The van der Waals surface area contributed by atoms with E-state index in [-0.39, 0.29) is 17.2 Å². The minimum atomic E-state index is -1.03. The molecule has 0 amide bonds. The van der Waals surface area contributed by atoms with Crippen LogP contribution in [-0.2, 0) is 0 Å². The molecule has 4 nitrogen and oxygen atoms in total. The number of carboxylic acids is 1. The Bertz CT molecular complexity index is 1110. The molecule has 0 aromatic heterocycles. The number of phenolic OH excluding ortho intramolecular Hbond substituents is 1. The van der Waals surface area contributed by atoms with Gasteiger partial charge < -0.3 is 14.9 Å². The van der Waals surface area contributed by atoms with Gasteiger partial charge in [-0.25, -0.2) is 4.79 Å². The molecule has 0 saturated heterocycles. The fourth-order valence-electron chi connectivity index (χ4n) is 2.93. The monoisotopic (exact) mass is 530 g/mol. The van der Waals surface area contributed by atoms with Crippen molar-refractivity contribution in [1.82, 2.24) is 0 Å². The van der Waals surface area contributed by atoms with Crippen molar-refractivity contribution in [3.05, 3.63) is 85.8 Å². The zero-order valence-corrected chi connectivity index (χ0v) is 19.6. The van der Waals surface area contributed by atoms with Crippen molar-refractivity contribution < 1.29 is 19.7 Å². The second kappa shape index (κ2) is 9.49. The maximum absolute atomic E-state index is 11.3. The van der Waals surface area contributed by atoms with Crippen molar-refractivity contribution in [1.29, 1.82) is 0 Å². The van der Waals surface area contributed by atoms with Crippen molar-refractivity contribution in [2.24, 2.45) is 0 Å². The van der Waals surface area contributed by atoms with Gasteiger partial charge in [0.25, 0.3) is 0 Å². The predicted molar refractivity (Wildman–Crippen MR) is 126 cm³/mol. The van der Waals surface area contributed by atoms with E-state index in [0.717, 1.165) is 11.1 Å². The topological polar surface area (TPSA) is 66.8 Å². The SMILES string of the molecule is CC(C)c1cc(Oc2ccc(C(=O)O)c(Br)c2Br)cc(/C=C/c2ccccc2)c1O. The Labute approximate surface area is 192 Å². The largest absolute Gasteiger partial charge is 0.507 e. The number of halogens is 2. The van der Waals surface area contributed by atoms with Crippen molar-refractivity contribution >= 4 is 50.0 Å². The van der Waals surface area contributed by atoms with Crippen LogP contribution in [0.5, 0.6) is 17.2 Å². The molecule has 30 heavy (non-hydrogen) atoms.